The van der Waals surface area contributed by atoms with Gasteiger partial charge in [0.25, 0.3) is 0 Å². The predicted octanol–water partition coefficient (Wildman–Crippen LogP) is 4.74. The van der Waals surface area contributed by atoms with Crippen LogP contribution >= 0.6 is 0 Å². The van der Waals surface area contributed by atoms with Gasteiger partial charge in [-0.1, -0.05) is 11.2 Å². The second-order valence-electron chi connectivity index (χ2n) is 3.94. The summed E-state index contributed by atoms with van der Waals surface area (Å²) in [5.41, 5.74) is 10.0. The first kappa shape index (κ1) is 12.8. The van der Waals surface area contributed by atoms with Crippen LogP contribution in [0.3, 0.4) is 0 Å². The van der Waals surface area contributed by atoms with Crippen LogP contribution in [-0.4, -0.2) is 7.11 Å². The van der Waals surface area contributed by atoms with Gasteiger partial charge < -0.3 is 9.47 Å². The Labute approximate surface area is 111 Å². The lowest BCUT2D eigenvalue weighted by atomic mass is 10.2. The molecule has 0 amide bonds. The molecule has 0 unspecified atom stereocenters. The van der Waals surface area contributed by atoms with E-state index >= 15 is 0 Å². The van der Waals surface area contributed by atoms with Crippen molar-refractivity contribution in [1.29, 1.82) is 0 Å². The molecule has 5 heteroatoms. The summed E-state index contributed by atoms with van der Waals surface area (Å²) in [5.74, 6) is 1.94. The van der Waals surface area contributed by atoms with Crippen LogP contribution in [0.25, 0.3) is 10.4 Å². The molecule has 0 bridgehead atoms. The van der Waals surface area contributed by atoms with Gasteiger partial charge in [-0.2, -0.15) is 0 Å². The number of hydrogen-bond donors (Lipinski definition) is 0. The van der Waals surface area contributed by atoms with Crippen LogP contribution in [0, 0.1) is 6.92 Å². The van der Waals surface area contributed by atoms with Crippen molar-refractivity contribution in [3.05, 3.63) is 58.5 Å². The van der Waals surface area contributed by atoms with Crippen LogP contribution in [0.2, 0.25) is 0 Å². The molecule has 0 fully saturated rings. The standard InChI is InChI=1S/C14H13N3O2/c1-10-3-8-13(16-17-15)14(9-10)19-12-6-4-11(18-2)5-7-12/h3-9H,1-2H3. The summed E-state index contributed by atoms with van der Waals surface area (Å²) >= 11 is 0. The number of rotatable bonds is 4. The Morgan fingerprint density at radius 2 is 1.74 bits per heavy atom. The second kappa shape index (κ2) is 5.80. The number of ether oxygens (including phenoxy) is 2. The van der Waals surface area contributed by atoms with Crippen LogP contribution in [0.15, 0.2) is 47.6 Å². The van der Waals surface area contributed by atoms with Gasteiger partial charge in [0.2, 0.25) is 0 Å². The first-order valence-electron chi connectivity index (χ1n) is 5.70. The van der Waals surface area contributed by atoms with Gasteiger partial charge in [-0.05, 0) is 54.4 Å². The molecular formula is C14H13N3O2. The Hall–Kier alpha value is -2.65. The number of aryl methyl sites for hydroxylation is 1. The van der Waals surface area contributed by atoms with Crippen LogP contribution in [-0.2, 0) is 0 Å². The molecule has 0 saturated carbocycles. The highest BCUT2D eigenvalue weighted by atomic mass is 16.5. The molecule has 0 aliphatic heterocycles. The minimum atomic E-state index is 0.462. The van der Waals surface area contributed by atoms with Gasteiger partial charge in [0.1, 0.15) is 17.2 Å². The highest BCUT2D eigenvalue weighted by Gasteiger charge is 2.04. The van der Waals surface area contributed by atoms with Gasteiger partial charge in [-0.25, -0.2) is 0 Å². The summed E-state index contributed by atoms with van der Waals surface area (Å²) in [7, 11) is 1.61. The number of hydrogen-bond acceptors (Lipinski definition) is 3. The SMILES string of the molecule is COc1ccc(Oc2cc(C)ccc2N=[N+]=[N-])cc1. The van der Waals surface area contributed by atoms with Gasteiger partial charge in [-0.15, -0.1) is 0 Å². The van der Waals surface area contributed by atoms with E-state index < -0.39 is 0 Å². The van der Waals surface area contributed by atoms with E-state index in [0.29, 0.717) is 17.2 Å². The summed E-state index contributed by atoms with van der Waals surface area (Å²) in [4.78, 5) is 2.79. The summed E-state index contributed by atoms with van der Waals surface area (Å²) in [5, 5.41) is 3.61. The number of methoxy groups -OCH3 is 1. The lowest BCUT2D eigenvalue weighted by molar-refractivity contribution is 0.413. The van der Waals surface area contributed by atoms with Crippen LogP contribution < -0.4 is 9.47 Å². The Morgan fingerprint density at radius 3 is 2.37 bits per heavy atom. The molecule has 19 heavy (non-hydrogen) atoms. The summed E-state index contributed by atoms with van der Waals surface area (Å²) in [6, 6.07) is 12.6. The van der Waals surface area contributed by atoms with E-state index in [1.165, 1.54) is 0 Å². The van der Waals surface area contributed by atoms with E-state index in [4.69, 9.17) is 15.0 Å². The Balaban J connectivity index is 2.30. The largest absolute Gasteiger partial charge is 0.497 e. The maximum Gasteiger partial charge on any atom is 0.137 e. The van der Waals surface area contributed by atoms with E-state index in [-0.39, 0.29) is 0 Å². The van der Waals surface area contributed by atoms with Crippen molar-refractivity contribution in [1.82, 2.24) is 0 Å². The Bertz CT molecular complexity index is 617. The Kier molecular flexibility index (Phi) is 3.90. The highest BCUT2D eigenvalue weighted by molar-refractivity contribution is 5.54. The van der Waals surface area contributed by atoms with Gasteiger partial charge in [-0.3, -0.25) is 0 Å². The van der Waals surface area contributed by atoms with Crippen molar-refractivity contribution in [3.8, 4) is 17.2 Å². The van der Waals surface area contributed by atoms with Crippen molar-refractivity contribution in [2.24, 2.45) is 5.11 Å². The van der Waals surface area contributed by atoms with Gasteiger partial charge in [0.15, 0.2) is 0 Å². The molecule has 0 aliphatic rings. The molecular weight excluding hydrogens is 242 g/mol. The molecule has 0 heterocycles. The fourth-order valence-electron chi connectivity index (χ4n) is 1.60. The molecule has 0 N–H and O–H groups in total. The molecule has 0 saturated heterocycles. The Morgan fingerprint density at radius 1 is 1.05 bits per heavy atom. The molecule has 0 atom stereocenters. The zero-order valence-electron chi connectivity index (χ0n) is 10.7. The maximum atomic E-state index is 8.53. The molecule has 2 aromatic carbocycles. The predicted molar refractivity (Wildman–Crippen MR) is 73.1 cm³/mol. The molecule has 96 valence electrons. The fraction of sp³-hybridized carbons (Fsp3) is 0.143. The lowest BCUT2D eigenvalue weighted by Crippen LogP contribution is -1.87. The molecule has 0 aliphatic carbocycles. The van der Waals surface area contributed by atoms with E-state index in [0.717, 1.165) is 11.3 Å². The zero-order valence-corrected chi connectivity index (χ0v) is 10.7. The smallest absolute Gasteiger partial charge is 0.137 e. The number of benzene rings is 2. The molecule has 2 aromatic rings. The van der Waals surface area contributed by atoms with Crippen LogP contribution in [0.1, 0.15) is 5.56 Å². The third-order valence-corrected chi connectivity index (χ3v) is 2.56. The van der Waals surface area contributed by atoms with Crippen molar-refractivity contribution in [2.45, 2.75) is 6.92 Å². The van der Waals surface area contributed by atoms with E-state index in [1.807, 2.05) is 19.1 Å². The highest BCUT2D eigenvalue weighted by Crippen LogP contribution is 2.33. The molecule has 5 nitrogen and oxygen atoms in total. The third-order valence-electron chi connectivity index (χ3n) is 2.56. The van der Waals surface area contributed by atoms with E-state index in [2.05, 4.69) is 10.0 Å². The second-order valence-corrected chi connectivity index (χ2v) is 3.94. The fourth-order valence-corrected chi connectivity index (χ4v) is 1.60. The molecule has 2 rings (SSSR count). The van der Waals surface area contributed by atoms with E-state index in [1.54, 1.807) is 37.4 Å². The van der Waals surface area contributed by atoms with Gasteiger partial charge in [0.05, 0.1) is 12.8 Å². The molecule has 0 radical (unpaired) electrons. The lowest BCUT2D eigenvalue weighted by Gasteiger charge is -2.09. The quantitative estimate of drug-likeness (QED) is 0.450. The van der Waals surface area contributed by atoms with Crippen molar-refractivity contribution in [2.75, 3.05) is 7.11 Å². The third kappa shape index (κ3) is 3.18. The monoisotopic (exact) mass is 255 g/mol. The molecule has 0 spiro atoms. The van der Waals surface area contributed by atoms with Gasteiger partial charge >= 0.3 is 0 Å². The zero-order chi connectivity index (χ0) is 13.7. The summed E-state index contributed by atoms with van der Waals surface area (Å²) in [6.45, 7) is 1.95. The topological polar surface area (TPSA) is 67.2 Å². The number of azide groups is 1. The van der Waals surface area contributed by atoms with Crippen LogP contribution in [0.5, 0.6) is 17.2 Å². The van der Waals surface area contributed by atoms with E-state index in [9.17, 15) is 0 Å². The van der Waals surface area contributed by atoms with Crippen molar-refractivity contribution >= 4 is 5.69 Å². The van der Waals surface area contributed by atoms with Crippen molar-refractivity contribution in [3.63, 3.8) is 0 Å². The first-order chi connectivity index (χ1) is 9.22. The minimum absolute atomic E-state index is 0.462. The first-order valence-corrected chi connectivity index (χ1v) is 5.70. The normalized spacial score (nSPS) is 9.58. The van der Waals surface area contributed by atoms with Crippen molar-refractivity contribution < 1.29 is 9.47 Å². The molecule has 0 aromatic heterocycles. The van der Waals surface area contributed by atoms with Crippen LogP contribution in [0.4, 0.5) is 5.69 Å². The summed E-state index contributed by atoms with van der Waals surface area (Å²) in [6.07, 6.45) is 0. The summed E-state index contributed by atoms with van der Waals surface area (Å²) < 4.78 is 10.8. The van der Waals surface area contributed by atoms with Gasteiger partial charge in [0, 0.05) is 4.91 Å². The average molecular weight is 255 g/mol. The maximum absolute atomic E-state index is 8.53. The number of nitrogens with zero attached hydrogens (tertiary/aromatic N) is 3. The minimum Gasteiger partial charge on any atom is -0.497 e. The average Bonchev–Trinajstić information content (AvgIpc) is 2.43.